The van der Waals surface area contributed by atoms with Crippen molar-refractivity contribution in [1.82, 2.24) is 15.1 Å². The average Bonchev–Trinajstić information content (AvgIpc) is 2.40. The van der Waals surface area contributed by atoms with Crippen LogP contribution in [0.25, 0.3) is 0 Å². The van der Waals surface area contributed by atoms with E-state index in [9.17, 15) is 0 Å². The van der Waals surface area contributed by atoms with E-state index in [2.05, 4.69) is 48.9 Å². The van der Waals surface area contributed by atoms with E-state index < -0.39 is 0 Å². The number of nitrogens with zero attached hydrogens (tertiary/aromatic N) is 2. The zero-order valence-electron chi connectivity index (χ0n) is 12.5. The van der Waals surface area contributed by atoms with E-state index in [1.54, 1.807) is 5.57 Å². The number of nitrogens with one attached hydrogen (secondary N) is 1. The van der Waals surface area contributed by atoms with Crippen LogP contribution in [0.5, 0.6) is 0 Å². The zero-order chi connectivity index (χ0) is 13.2. The zero-order valence-corrected chi connectivity index (χ0v) is 12.5. The molecular formula is C15H29N3. The molecule has 0 aromatic heterocycles. The summed E-state index contributed by atoms with van der Waals surface area (Å²) in [5.41, 5.74) is 1.84. The molecule has 0 aliphatic carbocycles. The predicted octanol–water partition coefficient (Wildman–Crippen LogP) is 1.92. The van der Waals surface area contributed by atoms with Gasteiger partial charge in [0.15, 0.2) is 0 Å². The average molecular weight is 251 g/mol. The number of hydrogen-bond donors (Lipinski definition) is 1. The number of rotatable bonds is 3. The van der Waals surface area contributed by atoms with Crippen LogP contribution in [0.15, 0.2) is 11.6 Å². The predicted molar refractivity (Wildman–Crippen MR) is 77.6 cm³/mol. The van der Waals surface area contributed by atoms with Gasteiger partial charge in [0.25, 0.3) is 0 Å². The van der Waals surface area contributed by atoms with Gasteiger partial charge < -0.3 is 5.32 Å². The highest BCUT2D eigenvalue weighted by molar-refractivity contribution is 5.11. The van der Waals surface area contributed by atoms with E-state index >= 15 is 0 Å². The highest BCUT2D eigenvalue weighted by atomic mass is 15.4. The molecule has 0 atom stereocenters. The molecule has 0 radical (unpaired) electrons. The molecule has 0 unspecified atom stereocenters. The summed E-state index contributed by atoms with van der Waals surface area (Å²) in [6.45, 7) is 16.3. The highest BCUT2D eigenvalue weighted by Gasteiger charge is 2.34. The second-order valence-corrected chi connectivity index (χ2v) is 6.36. The molecule has 3 heteroatoms. The Hall–Kier alpha value is -0.380. The van der Waals surface area contributed by atoms with E-state index in [0.29, 0.717) is 0 Å². The Kier molecular flexibility index (Phi) is 4.46. The summed E-state index contributed by atoms with van der Waals surface area (Å²) in [6.07, 6.45) is 3.70. The third kappa shape index (κ3) is 2.95. The van der Waals surface area contributed by atoms with Crippen molar-refractivity contribution in [3.8, 4) is 0 Å². The van der Waals surface area contributed by atoms with Crippen molar-refractivity contribution in [2.24, 2.45) is 5.92 Å². The van der Waals surface area contributed by atoms with Gasteiger partial charge in [0.05, 0.1) is 5.66 Å². The van der Waals surface area contributed by atoms with Crippen LogP contribution in [0.2, 0.25) is 0 Å². The molecule has 0 aromatic carbocycles. The fourth-order valence-electron chi connectivity index (χ4n) is 3.12. The molecule has 2 rings (SSSR count). The lowest BCUT2D eigenvalue weighted by molar-refractivity contribution is -0.0344. The highest BCUT2D eigenvalue weighted by Crippen LogP contribution is 2.26. The molecule has 1 saturated heterocycles. The van der Waals surface area contributed by atoms with Gasteiger partial charge in [0.2, 0.25) is 0 Å². The molecule has 2 aliphatic heterocycles. The number of hydrogen-bond acceptors (Lipinski definition) is 3. The second-order valence-electron chi connectivity index (χ2n) is 6.36. The smallest absolute Gasteiger partial charge is 0.0683 e. The van der Waals surface area contributed by atoms with Crippen molar-refractivity contribution in [2.45, 2.75) is 39.8 Å². The second kappa shape index (κ2) is 5.72. The minimum atomic E-state index is 0.196. The van der Waals surface area contributed by atoms with Gasteiger partial charge in [-0.3, -0.25) is 9.80 Å². The maximum Gasteiger partial charge on any atom is 0.0683 e. The topological polar surface area (TPSA) is 18.5 Å². The lowest BCUT2D eigenvalue weighted by Crippen LogP contribution is -2.62. The SMILES string of the molecule is CC(C)C1=CCN(C(C)(C)N2CCNCC2)CC1. The van der Waals surface area contributed by atoms with Crippen LogP contribution in [0.4, 0.5) is 0 Å². The summed E-state index contributed by atoms with van der Waals surface area (Å²) in [5.74, 6) is 0.717. The quantitative estimate of drug-likeness (QED) is 0.773. The molecule has 104 valence electrons. The van der Waals surface area contributed by atoms with Gasteiger partial charge in [0, 0.05) is 39.3 Å². The maximum absolute atomic E-state index is 3.44. The molecular weight excluding hydrogens is 222 g/mol. The largest absolute Gasteiger partial charge is 0.314 e. The molecule has 0 bridgehead atoms. The van der Waals surface area contributed by atoms with Crippen molar-refractivity contribution >= 4 is 0 Å². The summed E-state index contributed by atoms with van der Waals surface area (Å²) >= 11 is 0. The Morgan fingerprint density at radius 2 is 1.78 bits per heavy atom. The first-order valence-electron chi connectivity index (χ1n) is 7.41. The van der Waals surface area contributed by atoms with Crippen molar-refractivity contribution in [3.63, 3.8) is 0 Å². The van der Waals surface area contributed by atoms with Crippen LogP contribution in [0, 0.1) is 5.92 Å². The normalized spacial score (nSPS) is 24.4. The van der Waals surface area contributed by atoms with E-state index in [1.165, 1.54) is 26.1 Å². The Labute approximate surface area is 112 Å². The van der Waals surface area contributed by atoms with Crippen molar-refractivity contribution in [1.29, 1.82) is 0 Å². The fourth-order valence-corrected chi connectivity index (χ4v) is 3.12. The van der Waals surface area contributed by atoms with E-state index in [0.717, 1.165) is 25.6 Å². The van der Waals surface area contributed by atoms with Crippen LogP contribution in [-0.2, 0) is 0 Å². The number of piperazine rings is 1. The van der Waals surface area contributed by atoms with Crippen LogP contribution < -0.4 is 5.32 Å². The summed E-state index contributed by atoms with van der Waals surface area (Å²) < 4.78 is 0. The molecule has 2 aliphatic rings. The summed E-state index contributed by atoms with van der Waals surface area (Å²) in [5, 5.41) is 3.44. The molecule has 0 spiro atoms. The first-order chi connectivity index (χ1) is 8.51. The van der Waals surface area contributed by atoms with Crippen molar-refractivity contribution in [3.05, 3.63) is 11.6 Å². The Morgan fingerprint density at radius 1 is 1.11 bits per heavy atom. The van der Waals surface area contributed by atoms with Gasteiger partial charge in [-0.25, -0.2) is 0 Å². The first-order valence-corrected chi connectivity index (χ1v) is 7.41. The molecule has 0 amide bonds. The molecule has 18 heavy (non-hydrogen) atoms. The summed E-state index contributed by atoms with van der Waals surface area (Å²) in [6, 6.07) is 0. The van der Waals surface area contributed by atoms with Gasteiger partial charge in [-0.15, -0.1) is 0 Å². The van der Waals surface area contributed by atoms with Crippen molar-refractivity contribution < 1.29 is 0 Å². The summed E-state index contributed by atoms with van der Waals surface area (Å²) in [4.78, 5) is 5.25. The maximum atomic E-state index is 3.44. The van der Waals surface area contributed by atoms with Gasteiger partial charge >= 0.3 is 0 Å². The Morgan fingerprint density at radius 3 is 2.28 bits per heavy atom. The van der Waals surface area contributed by atoms with E-state index in [4.69, 9.17) is 0 Å². The first kappa shape index (κ1) is 14.0. The Bertz CT molecular complexity index is 301. The third-order valence-electron chi connectivity index (χ3n) is 4.65. The Balaban J connectivity index is 1.98. The summed E-state index contributed by atoms with van der Waals surface area (Å²) in [7, 11) is 0. The molecule has 3 nitrogen and oxygen atoms in total. The van der Waals surface area contributed by atoms with Gasteiger partial charge in [-0.1, -0.05) is 25.5 Å². The van der Waals surface area contributed by atoms with Gasteiger partial charge in [-0.05, 0) is 26.2 Å². The molecule has 1 N–H and O–H groups in total. The minimum absolute atomic E-state index is 0.196. The lowest BCUT2D eigenvalue weighted by Gasteiger charge is -2.49. The van der Waals surface area contributed by atoms with Crippen LogP contribution >= 0.6 is 0 Å². The molecule has 0 saturated carbocycles. The fraction of sp³-hybridized carbons (Fsp3) is 0.867. The van der Waals surface area contributed by atoms with Crippen molar-refractivity contribution in [2.75, 3.05) is 39.3 Å². The molecule has 0 aromatic rings. The standard InChI is InChI=1S/C15H29N3/c1-13(2)14-5-9-17(10-6-14)15(3,4)18-11-7-16-8-12-18/h5,13,16H,6-12H2,1-4H3. The van der Waals surface area contributed by atoms with Crippen LogP contribution in [0.1, 0.15) is 34.1 Å². The lowest BCUT2D eigenvalue weighted by atomic mass is 9.95. The minimum Gasteiger partial charge on any atom is -0.314 e. The monoisotopic (exact) mass is 251 g/mol. The third-order valence-corrected chi connectivity index (χ3v) is 4.65. The molecule has 1 fully saturated rings. The van der Waals surface area contributed by atoms with E-state index in [-0.39, 0.29) is 5.66 Å². The van der Waals surface area contributed by atoms with Gasteiger partial charge in [0.1, 0.15) is 0 Å². The van der Waals surface area contributed by atoms with E-state index in [1.807, 2.05) is 0 Å². The van der Waals surface area contributed by atoms with Crippen LogP contribution in [-0.4, -0.2) is 54.7 Å². The van der Waals surface area contributed by atoms with Crippen LogP contribution in [0.3, 0.4) is 0 Å². The van der Waals surface area contributed by atoms with Gasteiger partial charge in [-0.2, -0.15) is 0 Å². The molecule has 2 heterocycles.